The third kappa shape index (κ3) is 5.95. The lowest BCUT2D eigenvalue weighted by atomic mass is 10.1. The number of amides is 3. The van der Waals surface area contributed by atoms with Crippen molar-refractivity contribution in [2.24, 2.45) is 0 Å². The van der Waals surface area contributed by atoms with Crippen molar-refractivity contribution in [3.05, 3.63) is 65.7 Å². The molecule has 0 heterocycles. The van der Waals surface area contributed by atoms with Gasteiger partial charge in [-0.2, -0.15) is 0 Å². The standard InChI is InChI=1S/C21H25N3O3/c1-4-15(2)22-20(26)16-10-12-18(13-11-16)23-19(25)14-24(3)21(27)17-8-6-5-7-9-17/h5-13,15H,4,14H2,1-3H3,(H,22,26)(H,23,25). The Hall–Kier alpha value is -3.15. The average molecular weight is 367 g/mol. The molecule has 2 N–H and O–H groups in total. The van der Waals surface area contributed by atoms with Gasteiger partial charge in [0.15, 0.2) is 0 Å². The molecule has 27 heavy (non-hydrogen) atoms. The summed E-state index contributed by atoms with van der Waals surface area (Å²) in [6.45, 7) is 3.88. The van der Waals surface area contributed by atoms with E-state index in [4.69, 9.17) is 0 Å². The van der Waals surface area contributed by atoms with Crippen LogP contribution < -0.4 is 10.6 Å². The van der Waals surface area contributed by atoms with Gasteiger partial charge in [0.05, 0.1) is 6.54 Å². The Morgan fingerprint density at radius 2 is 1.59 bits per heavy atom. The molecule has 0 saturated carbocycles. The quantitative estimate of drug-likeness (QED) is 0.790. The van der Waals surface area contributed by atoms with Crippen LogP contribution in [0.2, 0.25) is 0 Å². The Balaban J connectivity index is 1.90. The van der Waals surface area contributed by atoms with E-state index in [2.05, 4.69) is 10.6 Å². The minimum atomic E-state index is -0.307. The van der Waals surface area contributed by atoms with Crippen LogP contribution in [0.25, 0.3) is 0 Å². The number of nitrogens with one attached hydrogen (secondary N) is 2. The number of rotatable bonds is 7. The summed E-state index contributed by atoms with van der Waals surface area (Å²) in [6.07, 6.45) is 0.856. The summed E-state index contributed by atoms with van der Waals surface area (Å²) in [5.41, 5.74) is 1.63. The van der Waals surface area contributed by atoms with Crippen LogP contribution in [-0.2, 0) is 4.79 Å². The topological polar surface area (TPSA) is 78.5 Å². The van der Waals surface area contributed by atoms with Crippen LogP contribution in [0, 0.1) is 0 Å². The molecule has 142 valence electrons. The smallest absolute Gasteiger partial charge is 0.254 e. The number of carbonyl (C=O) groups is 3. The van der Waals surface area contributed by atoms with E-state index in [9.17, 15) is 14.4 Å². The predicted octanol–water partition coefficient (Wildman–Crippen LogP) is 2.93. The molecule has 0 saturated heterocycles. The summed E-state index contributed by atoms with van der Waals surface area (Å²) < 4.78 is 0. The molecule has 3 amide bonds. The molecule has 0 aliphatic heterocycles. The fraction of sp³-hybridized carbons (Fsp3) is 0.286. The summed E-state index contributed by atoms with van der Waals surface area (Å²) >= 11 is 0. The maximum Gasteiger partial charge on any atom is 0.254 e. The van der Waals surface area contributed by atoms with Crippen LogP contribution in [0.1, 0.15) is 41.0 Å². The number of nitrogens with zero attached hydrogens (tertiary/aromatic N) is 1. The molecule has 0 aliphatic carbocycles. The molecule has 0 aromatic heterocycles. The van der Waals surface area contributed by atoms with Crippen molar-refractivity contribution in [2.75, 3.05) is 18.9 Å². The van der Waals surface area contributed by atoms with Gasteiger partial charge in [0.2, 0.25) is 5.91 Å². The first-order chi connectivity index (χ1) is 12.9. The van der Waals surface area contributed by atoms with Gasteiger partial charge in [0.1, 0.15) is 0 Å². The van der Waals surface area contributed by atoms with E-state index in [1.165, 1.54) is 4.90 Å². The number of anilines is 1. The first kappa shape index (κ1) is 20.2. The molecule has 0 radical (unpaired) electrons. The molecule has 1 atom stereocenters. The molecule has 1 unspecified atom stereocenters. The number of hydrogen-bond donors (Lipinski definition) is 2. The van der Waals surface area contributed by atoms with Crippen molar-refractivity contribution in [2.45, 2.75) is 26.3 Å². The van der Waals surface area contributed by atoms with E-state index in [-0.39, 0.29) is 30.3 Å². The third-order valence-corrected chi connectivity index (χ3v) is 4.17. The molecule has 0 fully saturated rings. The van der Waals surface area contributed by atoms with Crippen molar-refractivity contribution in [1.82, 2.24) is 10.2 Å². The molecule has 2 aromatic carbocycles. The molecule has 6 heteroatoms. The van der Waals surface area contributed by atoms with Gasteiger partial charge in [0, 0.05) is 29.9 Å². The summed E-state index contributed by atoms with van der Waals surface area (Å²) in [7, 11) is 1.58. The number of carbonyl (C=O) groups excluding carboxylic acids is 3. The van der Waals surface area contributed by atoms with Gasteiger partial charge in [-0.1, -0.05) is 25.1 Å². The Morgan fingerprint density at radius 3 is 2.19 bits per heavy atom. The monoisotopic (exact) mass is 367 g/mol. The van der Waals surface area contributed by atoms with E-state index in [0.717, 1.165) is 6.42 Å². The van der Waals surface area contributed by atoms with Crippen LogP contribution in [0.3, 0.4) is 0 Å². The molecule has 0 aliphatic rings. The van der Waals surface area contributed by atoms with Crippen LogP contribution >= 0.6 is 0 Å². The summed E-state index contributed by atoms with van der Waals surface area (Å²) in [6, 6.07) is 15.6. The van der Waals surface area contributed by atoms with Crippen LogP contribution in [0.5, 0.6) is 0 Å². The minimum Gasteiger partial charge on any atom is -0.350 e. The highest BCUT2D eigenvalue weighted by atomic mass is 16.2. The number of likely N-dealkylation sites (N-methyl/N-ethyl adjacent to an activating group) is 1. The maximum atomic E-state index is 12.3. The summed E-state index contributed by atoms with van der Waals surface area (Å²) in [5, 5.41) is 5.62. The first-order valence-corrected chi connectivity index (χ1v) is 8.92. The van der Waals surface area contributed by atoms with Gasteiger partial charge < -0.3 is 15.5 Å². The van der Waals surface area contributed by atoms with E-state index in [1.807, 2.05) is 19.9 Å². The zero-order chi connectivity index (χ0) is 19.8. The average Bonchev–Trinajstić information content (AvgIpc) is 2.68. The Kier molecular flexibility index (Phi) is 7.11. The second kappa shape index (κ2) is 9.52. The summed E-state index contributed by atoms with van der Waals surface area (Å²) in [5.74, 6) is -0.670. The van der Waals surface area contributed by atoms with Gasteiger partial charge in [-0.25, -0.2) is 0 Å². The van der Waals surface area contributed by atoms with Gasteiger partial charge >= 0.3 is 0 Å². The van der Waals surface area contributed by atoms with Crippen molar-refractivity contribution in [3.63, 3.8) is 0 Å². The highest BCUT2D eigenvalue weighted by molar-refractivity contribution is 5.99. The normalized spacial score (nSPS) is 11.4. The fourth-order valence-corrected chi connectivity index (χ4v) is 2.40. The highest BCUT2D eigenvalue weighted by Gasteiger charge is 2.15. The molecule has 6 nitrogen and oxygen atoms in total. The van der Waals surface area contributed by atoms with Crippen LogP contribution in [-0.4, -0.2) is 42.3 Å². The molecular formula is C21H25N3O3. The number of hydrogen-bond acceptors (Lipinski definition) is 3. The van der Waals surface area contributed by atoms with Crippen LogP contribution in [0.15, 0.2) is 54.6 Å². The lowest BCUT2D eigenvalue weighted by molar-refractivity contribution is -0.116. The Morgan fingerprint density at radius 1 is 0.963 bits per heavy atom. The van der Waals surface area contributed by atoms with Crippen LogP contribution in [0.4, 0.5) is 5.69 Å². The SMILES string of the molecule is CCC(C)NC(=O)c1ccc(NC(=O)CN(C)C(=O)c2ccccc2)cc1. The molecule has 2 aromatic rings. The largest absolute Gasteiger partial charge is 0.350 e. The second-order valence-corrected chi connectivity index (χ2v) is 6.44. The van der Waals surface area contributed by atoms with E-state index in [1.54, 1.807) is 55.6 Å². The van der Waals surface area contributed by atoms with Crippen molar-refractivity contribution in [1.29, 1.82) is 0 Å². The first-order valence-electron chi connectivity index (χ1n) is 8.92. The van der Waals surface area contributed by atoms with Crippen molar-refractivity contribution < 1.29 is 14.4 Å². The Labute approximate surface area is 159 Å². The van der Waals surface area contributed by atoms with Crippen molar-refractivity contribution >= 4 is 23.4 Å². The van der Waals surface area contributed by atoms with Crippen molar-refractivity contribution in [3.8, 4) is 0 Å². The maximum absolute atomic E-state index is 12.3. The second-order valence-electron chi connectivity index (χ2n) is 6.44. The highest BCUT2D eigenvalue weighted by Crippen LogP contribution is 2.10. The lowest BCUT2D eigenvalue weighted by Crippen LogP contribution is -2.35. The van der Waals surface area contributed by atoms with E-state index >= 15 is 0 Å². The zero-order valence-corrected chi connectivity index (χ0v) is 15.9. The molecular weight excluding hydrogens is 342 g/mol. The Bertz CT molecular complexity index is 788. The van der Waals surface area contributed by atoms with E-state index < -0.39 is 0 Å². The van der Waals surface area contributed by atoms with Gasteiger partial charge in [-0.15, -0.1) is 0 Å². The lowest BCUT2D eigenvalue weighted by Gasteiger charge is -2.17. The third-order valence-electron chi connectivity index (χ3n) is 4.17. The predicted molar refractivity (Wildman–Crippen MR) is 106 cm³/mol. The number of benzene rings is 2. The van der Waals surface area contributed by atoms with Gasteiger partial charge in [0.25, 0.3) is 11.8 Å². The molecule has 0 spiro atoms. The zero-order valence-electron chi connectivity index (χ0n) is 15.9. The fourth-order valence-electron chi connectivity index (χ4n) is 2.40. The van der Waals surface area contributed by atoms with Gasteiger partial charge in [-0.3, -0.25) is 14.4 Å². The van der Waals surface area contributed by atoms with E-state index in [0.29, 0.717) is 16.8 Å². The molecule has 0 bridgehead atoms. The summed E-state index contributed by atoms with van der Waals surface area (Å²) in [4.78, 5) is 37.9. The molecule has 2 rings (SSSR count). The van der Waals surface area contributed by atoms with Gasteiger partial charge in [-0.05, 0) is 49.7 Å². The minimum absolute atomic E-state index is 0.0655.